The lowest BCUT2D eigenvalue weighted by Crippen LogP contribution is -1.88. The van der Waals surface area contributed by atoms with Crippen LogP contribution in [0.2, 0.25) is 5.02 Å². The number of para-hydroxylation sites is 1. The maximum atomic E-state index is 13.4. The minimum absolute atomic E-state index is 0.0529. The third-order valence-electron chi connectivity index (χ3n) is 2.20. The van der Waals surface area contributed by atoms with Crippen molar-refractivity contribution in [3.05, 3.63) is 58.5 Å². The fourth-order valence-corrected chi connectivity index (χ4v) is 1.51. The van der Waals surface area contributed by atoms with Crippen LogP contribution in [0.25, 0.3) is 5.73 Å². The molecular formula is C12H7ClF2N3-. The Bertz CT molecular complexity index is 594. The van der Waals surface area contributed by atoms with E-state index in [0.717, 1.165) is 12.4 Å². The van der Waals surface area contributed by atoms with Gasteiger partial charge in [-0.25, -0.2) is 8.78 Å². The summed E-state index contributed by atoms with van der Waals surface area (Å²) in [5.74, 6) is -1.35. The predicted octanol–water partition coefficient (Wildman–Crippen LogP) is 4.45. The van der Waals surface area contributed by atoms with Gasteiger partial charge in [0.1, 0.15) is 17.3 Å². The van der Waals surface area contributed by atoms with Gasteiger partial charge in [-0.3, -0.25) is 9.98 Å². The SMILES string of the molecule is [NH-]c1c(F)cncc1C=Nc1c(F)cccc1Cl. The first kappa shape index (κ1) is 12.4. The number of pyridine rings is 1. The van der Waals surface area contributed by atoms with Gasteiger partial charge in [0.2, 0.25) is 0 Å². The lowest BCUT2D eigenvalue weighted by Gasteiger charge is -2.08. The molecule has 3 nitrogen and oxygen atoms in total. The standard InChI is InChI=1S/C12H7ClF2N3/c13-8-2-1-3-9(14)12(8)18-5-7-4-17-6-10(15)11(7)16/h1-6H,(H-,16,17)/q-1. The molecule has 0 aliphatic carbocycles. The van der Waals surface area contributed by atoms with Gasteiger partial charge in [0.15, 0.2) is 0 Å². The number of benzene rings is 1. The average Bonchev–Trinajstić information content (AvgIpc) is 2.33. The van der Waals surface area contributed by atoms with Crippen LogP contribution in [-0.2, 0) is 0 Å². The molecule has 0 amide bonds. The maximum absolute atomic E-state index is 13.4. The first-order valence-electron chi connectivity index (χ1n) is 4.93. The molecule has 18 heavy (non-hydrogen) atoms. The van der Waals surface area contributed by atoms with Gasteiger partial charge < -0.3 is 5.73 Å². The number of rotatable bonds is 2. The Morgan fingerprint density at radius 2 is 2.00 bits per heavy atom. The Morgan fingerprint density at radius 1 is 1.22 bits per heavy atom. The molecule has 0 aliphatic rings. The van der Waals surface area contributed by atoms with Gasteiger partial charge in [-0.15, -0.1) is 0 Å². The Labute approximate surface area is 107 Å². The van der Waals surface area contributed by atoms with Crippen molar-refractivity contribution in [3.8, 4) is 0 Å². The molecule has 1 heterocycles. The molecule has 0 aliphatic heterocycles. The van der Waals surface area contributed by atoms with Gasteiger partial charge in [0, 0.05) is 12.4 Å². The second kappa shape index (κ2) is 5.10. The molecular weight excluding hydrogens is 260 g/mol. The highest BCUT2D eigenvalue weighted by molar-refractivity contribution is 6.33. The summed E-state index contributed by atoms with van der Waals surface area (Å²) in [6.07, 6.45) is 3.35. The van der Waals surface area contributed by atoms with Crippen LogP contribution in [0.4, 0.5) is 20.2 Å². The van der Waals surface area contributed by atoms with E-state index in [4.69, 9.17) is 17.3 Å². The van der Waals surface area contributed by atoms with Crippen LogP contribution in [0.1, 0.15) is 5.56 Å². The minimum atomic E-state index is -0.765. The summed E-state index contributed by atoms with van der Waals surface area (Å²) in [6.45, 7) is 0. The summed E-state index contributed by atoms with van der Waals surface area (Å²) < 4.78 is 26.5. The fourth-order valence-electron chi connectivity index (χ4n) is 1.29. The van der Waals surface area contributed by atoms with Gasteiger partial charge >= 0.3 is 0 Å². The zero-order chi connectivity index (χ0) is 13.1. The molecule has 1 aromatic heterocycles. The van der Waals surface area contributed by atoms with E-state index in [1.54, 1.807) is 0 Å². The zero-order valence-corrected chi connectivity index (χ0v) is 9.75. The summed E-state index contributed by atoms with van der Waals surface area (Å²) in [4.78, 5) is 7.41. The van der Waals surface area contributed by atoms with Crippen LogP contribution >= 0.6 is 11.6 Å². The van der Waals surface area contributed by atoms with Crippen LogP contribution in [-0.4, -0.2) is 11.2 Å². The quantitative estimate of drug-likeness (QED) is 0.741. The van der Waals surface area contributed by atoms with Crippen molar-refractivity contribution >= 4 is 29.2 Å². The summed E-state index contributed by atoms with van der Waals surface area (Å²) in [5, 5.41) is 0.141. The van der Waals surface area contributed by atoms with Crippen LogP contribution in [0, 0.1) is 11.6 Å². The van der Waals surface area contributed by atoms with Crippen molar-refractivity contribution in [2.24, 2.45) is 4.99 Å². The van der Waals surface area contributed by atoms with Crippen LogP contribution < -0.4 is 0 Å². The molecule has 1 aromatic carbocycles. The van der Waals surface area contributed by atoms with E-state index in [1.165, 1.54) is 24.4 Å². The third kappa shape index (κ3) is 2.46. The van der Waals surface area contributed by atoms with E-state index in [-0.39, 0.29) is 22.0 Å². The molecule has 0 radical (unpaired) electrons. The second-order valence-electron chi connectivity index (χ2n) is 3.41. The number of nitrogens with zero attached hydrogens (tertiary/aromatic N) is 2. The summed E-state index contributed by atoms with van der Waals surface area (Å²) in [5.41, 5.74) is 7.18. The summed E-state index contributed by atoms with van der Waals surface area (Å²) in [7, 11) is 0. The first-order valence-corrected chi connectivity index (χ1v) is 5.30. The van der Waals surface area contributed by atoms with E-state index in [2.05, 4.69) is 9.98 Å². The average molecular weight is 267 g/mol. The van der Waals surface area contributed by atoms with Crippen molar-refractivity contribution in [1.82, 2.24) is 4.98 Å². The predicted molar refractivity (Wildman–Crippen MR) is 66.8 cm³/mol. The maximum Gasteiger partial charge on any atom is 0.150 e. The van der Waals surface area contributed by atoms with E-state index >= 15 is 0 Å². The number of hydrogen-bond donors (Lipinski definition) is 0. The number of halogens is 3. The van der Waals surface area contributed by atoms with Gasteiger partial charge in [0.05, 0.1) is 11.2 Å². The molecule has 2 rings (SSSR count). The van der Waals surface area contributed by atoms with Gasteiger partial charge in [0.25, 0.3) is 0 Å². The van der Waals surface area contributed by atoms with Crippen molar-refractivity contribution in [2.75, 3.05) is 0 Å². The normalized spacial score (nSPS) is 11.1. The molecule has 0 saturated heterocycles. The lowest BCUT2D eigenvalue weighted by molar-refractivity contribution is 0.627. The highest BCUT2D eigenvalue weighted by Crippen LogP contribution is 2.28. The molecule has 0 spiro atoms. The largest absolute Gasteiger partial charge is 0.696 e. The van der Waals surface area contributed by atoms with Crippen LogP contribution in [0.3, 0.4) is 0 Å². The Hall–Kier alpha value is -2.01. The number of nitrogens with one attached hydrogen (secondary N) is 1. The Morgan fingerprint density at radius 3 is 2.72 bits per heavy atom. The smallest absolute Gasteiger partial charge is 0.150 e. The van der Waals surface area contributed by atoms with Gasteiger partial charge in [-0.1, -0.05) is 23.4 Å². The Balaban J connectivity index is 2.39. The van der Waals surface area contributed by atoms with Gasteiger partial charge in [-0.05, 0) is 17.7 Å². The topological polar surface area (TPSA) is 49.0 Å². The van der Waals surface area contributed by atoms with Crippen molar-refractivity contribution in [1.29, 1.82) is 0 Å². The highest BCUT2D eigenvalue weighted by atomic mass is 35.5. The molecule has 6 heteroatoms. The molecule has 0 fully saturated rings. The molecule has 1 N–H and O–H groups in total. The van der Waals surface area contributed by atoms with E-state index in [9.17, 15) is 8.78 Å². The van der Waals surface area contributed by atoms with Crippen molar-refractivity contribution < 1.29 is 8.78 Å². The van der Waals surface area contributed by atoms with Crippen LogP contribution in [0.5, 0.6) is 0 Å². The second-order valence-corrected chi connectivity index (χ2v) is 3.82. The fraction of sp³-hybridized carbons (Fsp3) is 0. The molecule has 0 bridgehead atoms. The summed E-state index contributed by atoms with van der Waals surface area (Å²) in [6, 6.07) is 4.16. The van der Waals surface area contributed by atoms with E-state index in [1.807, 2.05) is 0 Å². The summed E-state index contributed by atoms with van der Waals surface area (Å²) >= 11 is 5.78. The minimum Gasteiger partial charge on any atom is -0.696 e. The first-order chi connectivity index (χ1) is 8.59. The lowest BCUT2D eigenvalue weighted by atomic mass is 10.2. The number of aromatic nitrogens is 1. The van der Waals surface area contributed by atoms with E-state index in [0.29, 0.717) is 0 Å². The molecule has 2 aromatic rings. The molecule has 0 unspecified atom stereocenters. The van der Waals surface area contributed by atoms with Crippen molar-refractivity contribution in [2.45, 2.75) is 0 Å². The molecule has 0 saturated carbocycles. The number of aliphatic imine (C=N–C) groups is 1. The highest BCUT2D eigenvalue weighted by Gasteiger charge is 2.04. The molecule has 92 valence electrons. The molecule has 0 atom stereocenters. The third-order valence-corrected chi connectivity index (χ3v) is 2.50. The monoisotopic (exact) mass is 266 g/mol. The van der Waals surface area contributed by atoms with Crippen molar-refractivity contribution in [3.63, 3.8) is 0 Å². The van der Waals surface area contributed by atoms with E-state index < -0.39 is 11.6 Å². The zero-order valence-electron chi connectivity index (χ0n) is 8.99. The Kier molecular flexibility index (Phi) is 3.53. The van der Waals surface area contributed by atoms with Gasteiger partial charge in [-0.2, -0.15) is 0 Å². The van der Waals surface area contributed by atoms with Crippen LogP contribution in [0.15, 0.2) is 35.6 Å². The number of hydrogen-bond acceptors (Lipinski definition) is 2.